The smallest absolute Gasteiger partial charge is 0.303 e. The number of hydrogen-bond acceptors (Lipinski definition) is 6. The largest absolute Gasteiger partial charge is 0.497 e. The average Bonchev–Trinajstić information content (AvgIpc) is 2.94. The molecule has 0 radical (unpaired) electrons. The Hall–Kier alpha value is -2.75. The maximum atomic E-state index is 13.9. The Morgan fingerprint density at radius 1 is 1.21 bits per heavy atom. The molecule has 0 amide bonds. The molecular weight excluding hydrogens is 522 g/mol. The number of aromatic nitrogens is 1. The summed E-state index contributed by atoms with van der Waals surface area (Å²) < 4.78 is 32.7. The van der Waals surface area contributed by atoms with Gasteiger partial charge in [-0.2, -0.15) is 0 Å². The number of aliphatic carboxylic acids is 1. The summed E-state index contributed by atoms with van der Waals surface area (Å²) in [4.78, 5) is 18.4. The predicted molar refractivity (Wildman–Crippen MR) is 149 cm³/mol. The highest BCUT2D eigenvalue weighted by Crippen LogP contribution is 2.35. The van der Waals surface area contributed by atoms with E-state index in [2.05, 4.69) is 9.88 Å². The lowest BCUT2D eigenvalue weighted by Crippen LogP contribution is -2.41. The molecule has 0 saturated carbocycles. The number of carbonyl (C=O) groups is 1. The number of likely N-dealkylation sites (tertiary alicyclic amines) is 1. The minimum Gasteiger partial charge on any atom is -0.497 e. The summed E-state index contributed by atoms with van der Waals surface area (Å²) in [6.45, 7) is 2.54. The Labute approximate surface area is 232 Å². The average molecular weight is 559 g/mol. The van der Waals surface area contributed by atoms with Crippen LogP contribution in [0.1, 0.15) is 50.2 Å². The first-order valence-electron chi connectivity index (χ1n) is 13.5. The van der Waals surface area contributed by atoms with Crippen molar-refractivity contribution in [3.8, 4) is 5.75 Å². The minimum absolute atomic E-state index is 0.126. The molecule has 1 fully saturated rings. The van der Waals surface area contributed by atoms with Crippen molar-refractivity contribution in [3.63, 3.8) is 0 Å². The number of rotatable bonds is 13. The van der Waals surface area contributed by atoms with E-state index in [4.69, 9.17) is 4.74 Å². The fourth-order valence-corrected chi connectivity index (χ4v) is 6.42. The lowest BCUT2D eigenvalue weighted by Gasteiger charge is -2.39. The number of piperidine rings is 1. The molecule has 0 bridgehead atoms. The summed E-state index contributed by atoms with van der Waals surface area (Å²) in [7, 11) is 1.61. The number of methoxy groups -OCH3 is 1. The molecule has 3 aromatic rings. The summed E-state index contributed by atoms with van der Waals surface area (Å²) in [6, 6.07) is 11.7. The number of aliphatic hydroxyl groups excluding tert-OH is 1. The van der Waals surface area contributed by atoms with Crippen LogP contribution in [0.4, 0.5) is 8.78 Å². The number of carboxylic acids is 1. The molecule has 0 aliphatic carbocycles. The quantitative estimate of drug-likeness (QED) is 0.188. The number of ether oxygens (including phenoxy) is 1. The SMILES string of the molecule is COc1ccc2nccc([C@H](O)CC[C@@H]3CCN(CCCSc4cccc(F)c4F)C[C@H]3CCC(=O)O)c2c1. The molecule has 1 aromatic heterocycles. The van der Waals surface area contributed by atoms with E-state index in [9.17, 15) is 23.8 Å². The highest BCUT2D eigenvalue weighted by Gasteiger charge is 2.30. The van der Waals surface area contributed by atoms with E-state index in [0.717, 1.165) is 61.4 Å². The Morgan fingerprint density at radius 2 is 2.05 bits per heavy atom. The Bertz CT molecular complexity index is 1260. The van der Waals surface area contributed by atoms with Gasteiger partial charge in [0, 0.05) is 29.4 Å². The van der Waals surface area contributed by atoms with E-state index in [1.807, 2.05) is 24.3 Å². The number of pyridine rings is 1. The topological polar surface area (TPSA) is 82.9 Å². The molecule has 39 heavy (non-hydrogen) atoms. The molecule has 6 nitrogen and oxygen atoms in total. The van der Waals surface area contributed by atoms with Crippen molar-refractivity contribution < 1.29 is 28.5 Å². The van der Waals surface area contributed by atoms with Crippen molar-refractivity contribution in [2.45, 2.75) is 49.5 Å². The molecule has 1 aliphatic rings. The van der Waals surface area contributed by atoms with E-state index in [-0.39, 0.29) is 12.3 Å². The summed E-state index contributed by atoms with van der Waals surface area (Å²) in [5.41, 5.74) is 1.63. The van der Waals surface area contributed by atoms with E-state index in [1.54, 1.807) is 19.4 Å². The normalized spacial score (nSPS) is 18.8. The molecule has 3 atom stereocenters. The molecular formula is C30H36F2N2O4S. The minimum atomic E-state index is -0.828. The zero-order valence-electron chi connectivity index (χ0n) is 22.2. The van der Waals surface area contributed by atoms with Gasteiger partial charge in [0.25, 0.3) is 0 Å². The van der Waals surface area contributed by atoms with Crippen molar-refractivity contribution >= 4 is 28.6 Å². The second-order valence-corrected chi connectivity index (χ2v) is 11.3. The second kappa shape index (κ2) is 14.1. The summed E-state index contributed by atoms with van der Waals surface area (Å²) in [6.07, 6.45) is 4.94. The fraction of sp³-hybridized carbons (Fsp3) is 0.467. The van der Waals surface area contributed by atoms with Gasteiger partial charge in [-0.3, -0.25) is 9.78 Å². The number of halogens is 2. The maximum absolute atomic E-state index is 13.9. The first kappa shape index (κ1) is 29.2. The van der Waals surface area contributed by atoms with Gasteiger partial charge in [0.1, 0.15) is 5.75 Å². The van der Waals surface area contributed by atoms with Gasteiger partial charge in [-0.15, -0.1) is 11.8 Å². The monoisotopic (exact) mass is 558 g/mol. The zero-order valence-corrected chi connectivity index (χ0v) is 23.0. The van der Waals surface area contributed by atoms with Gasteiger partial charge >= 0.3 is 5.97 Å². The van der Waals surface area contributed by atoms with Crippen LogP contribution in [0.2, 0.25) is 0 Å². The van der Waals surface area contributed by atoms with Crippen LogP contribution in [0.25, 0.3) is 10.9 Å². The van der Waals surface area contributed by atoms with E-state index in [1.165, 1.54) is 17.8 Å². The van der Waals surface area contributed by atoms with Gasteiger partial charge in [-0.1, -0.05) is 6.07 Å². The van der Waals surface area contributed by atoms with Gasteiger partial charge < -0.3 is 19.8 Å². The lowest BCUT2D eigenvalue weighted by atomic mass is 9.79. The third kappa shape index (κ3) is 7.90. The molecule has 0 spiro atoms. The number of thioether (sulfide) groups is 1. The fourth-order valence-electron chi connectivity index (χ4n) is 5.53. The van der Waals surface area contributed by atoms with Crippen LogP contribution in [0.15, 0.2) is 53.6 Å². The predicted octanol–water partition coefficient (Wildman–Crippen LogP) is 6.32. The van der Waals surface area contributed by atoms with Crippen LogP contribution >= 0.6 is 11.8 Å². The van der Waals surface area contributed by atoms with Crippen molar-refractivity contribution in [1.82, 2.24) is 9.88 Å². The van der Waals surface area contributed by atoms with Gasteiger partial charge in [0.15, 0.2) is 11.6 Å². The summed E-state index contributed by atoms with van der Waals surface area (Å²) in [5, 5.41) is 21.3. The molecule has 210 valence electrons. The van der Waals surface area contributed by atoms with Crippen molar-refractivity contribution in [2.75, 3.05) is 32.5 Å². The zero-order chi connectivity index (χ0) is 27.8. The van der Waals surface area contributed by atoms with Crippen molar-refractivity contribution in [2.24, 2.45) is 11.8 Å². The van der Waals surface area contributed by atoms with E-state index >= 15 is 0 Å². The Kier molecular flexibility index (Phi) is 10.5. The standard InChI is InChI=1S/C30H36F2N2O4S/c1-38-22-8-9-26-24(18-22)23(12-14-33-26)27(35)10-6-20-13-16-34(19-21(20)7-11-29(36)37)15-3-17-39-28-5-2-4-25(31)30(28)32/h2,4-5,8-9,12,14,18,20-21,27,35H,3,6-7,10-11,13,15-17,19H2,1H3,(H,36,37)/t20-,21-,27-/m1/s1. The highest BCUT2D eigenvalue weighted by molar-refractivity contribution is 7.99. The summed E-state index contributed by atoms with van der Waals surface area (Å²) >= 11 is 1.32. The third-order valence-electron chi connectivity index (χ3n) is 7.65. The van der Waals surface area contributed by atoms with Gasteiger partial charge in [-0.25, -0.2) is 8.78 Å². The van der Waals surface area contributed by atoms with Crippen LogP contribution in [0.3, 0.4) is 0 Å². The molecule has 0 unspecified atom stereocenters. The second-order valence-electron chi connectivity index (χ2n) is 10.2. The van der Waals surface area contributed by atoms with Crippen molar-refractivity contribution in [1.29, 1.82) is 0 Å². The van der Waals surface area contributed by atoms with Crippen LogP contribution in [0, 0.1) is 23.5 Å². The van der Waals surface area contributed by atoms with Gasteiger partial charge in [0.05, 0.1) is 18.7 Å². The molecule has 1 saturated heterocycles. The Morgan fingerprint density at radius 3 is 2.85 bits per heavy atom. The van der Waals surface area contributed by atoms with Gasteiger partial charge in [-0.05, 0) is 105 Å². The van der Waals surface area contributed by atoms with Crippen LogP contribution < -0.4 is 4.74 Å². The number of carboxylic acid groups (broad SMARTS) is 1. The lowest BCUT2D eigenvalue weighted by molar-refractivity contribution is -0.137. The molecule has 9 heteroatoms. The third-order valence-corrected chi connectivity index (χ3v) is 8.77. The van der Waals surface area contributed by atoms with Crippen LogP contribution in [-0.4, -0.2) is 58.6 Å². The molecule has 1 aliphatic heterocycles. The van der Waals surface area contributed by atoms with Gasteiger partial charge in [0.2, 0.25) is 0 Å². The molecule has 2 aromatic carbocycles. The van der Waals surface area contributed by atoms with E-state index in [0.29, 0.717) is 35.2 Å². The Balaban J connectivity index is 1.32. The number of nitrogens with zero attached hydrogens (tertiary/aromatic N) is 2. The molecule has 4 rings (SSSR count). The van der Waals surface area contributed by atoms with Crippen LogP contribution in [0.5, 0.6) is 5.75 Å². The van der Waals surface area contributed by atoms with E-state index < -0.39 is 23.7 Å². The van der Waals surface area contributed by atoms with Crippen molar-refractivity contribution in [3.05, 3.63) is 65.9 Å². The first-order valence-corrected chi connectivity index (χ1v) is 14.5. The maximum Gasteiger partial charge on any atom is 0.303 e. The highest BCUT2D eigenvalue weighted by atomic mass is 32.2. The van der Waals surface area contributed by atoms with Crippen LogP contribution in [-0.2, 0) is 4.79 Å². The molecule has 2 N–H and O–H groups in total. The number of benzene rings is 2. The number of aliphatic hydroxyl groups is 1. The molecule has 2 heterocycles. The summed E-state index contributed by atoms with van der Waals surface area (Å²) in [5.74, 6) is -0.473. The number of hydrogen-bond donors (Lipinski definition) is 2. The first-order chi connectivity index (χ1) is 18.9. The number of fused-ring (bicyclic) bond motifs is 1.